The molecule has 2 rings (SSSR count). The Morgan fingerprint density at radius 1 is 1.30 bits per heavy atom. The molecule has 0 aromatic rings. The van der Waals surface area contributed by atoms with Crippen LogP contribution in [0.2, 0.25) is 13.1 Å². The van der Waals surface area contributed by atoms with Crippen LogP contribution in [0.5, 0.6) is 0 Å². The van der Waals surface area contributed by atoms with Gasteiger partial charge in [0.1, 0.15) is 0 Å². The zero-order valence-corrected chi connectivity index (χ0v) is 23.3. The van der Waals surface area contributed by atoms with Gasteiger partial charge >= 0.3 is 5.97 Å². The summed E-state index contributed by atoms with van der Waals surface area (Å²) in [4.78, 5) is 14.6. The fourth-order valence-corrected chi connectivity index (χ4v) is 8.14. The summed E-state index contributed by atoms with van der Waals surface area (Å²) in [6.45, 7) is 17.3. The van der Waals surface area contributed by atoms with Gasteiger partial charge in [-0.25, -0.2) is 0 Å². The highest BCUT2D eigenvalue weighted by molar-refractivity contribution is 9.11. The first-order chi connectivity index (χ1) is 13.8. The quantitative estimate of drug-likeness (QED) is 0.353. The highest BCUT2D eigenvalue weighted by Gasteiger charge is 2.53. The van der Waals surface area contributed by atoms with Crippen molar-refractivity contribution < 1.29 is 14.3 Å². The Hall–Kier alpha value is -0.133. The zero-order chi connectivity index (χ0) is 22.9. The maximum Gasteiger partial charge on any atom is 0.312 e. The van der Waals surface area contributed by atoms with Crippen molar-refractivity contribution in [3.05, 3.63) is 10.6 Å². The van der Waals surface area contributed by atoms with E-state index in [1.807, 2.05) is 27.7 Å². The Morgan fingerprint density at radius 2 is 1.93 bits per heavy atom. The molecule has 2 unspecified atom stereocenters. The lowest BCUT2D eigenvalue weighted by molar-refractivity contribution is -0.165. The number of fused-ring (bicyclic) bond motifs is 1. The molecule has 6 atom stereocenters. The predicted octanol–water partition coefficient (Wildman–Crippen LogP) is 7.40. The van der Waals surface area contributed by atoms with E-state index in [1.165, 1.54) is 32.1 Å². The summed E-state index contributed by atoms with van der Waals surface area (Å²) in [6.07, 6.45) is 8.12. The third-order valence-corrected chi connectivity index (χ3v) is 10.3. The molecule has 0 heterocycles. The first kappa shape index (κ1) is 26.1. The van der Waals surface area contributed by atoms with E-state index in [1.54, 1.807) is 5.57 Å². The van der Waals surface area contributed by atoms with Crippen LogP contribution in [-0.2, 0) is 9.22 Å². The Balaban J connectivity index is 2.18. The van der Waals surface area contributed by atoms with Crippen molar-refractivity contribution in [2.24, 2.45) is 34.0 Å². The summed E-state index contributed by atoms with van der Waals surface area (Å²) in [5.74, 6) is 1.29. The van der Waals surface area contributed by atoms with Crippen molar-refractivity contribution in [3.8, 4) is 0 Å². The molecule has 5 heteroatoms. The summed E-state index contributed by atoms with van der Waals surface area (Å²) < 4.78 is 6.43. The number of carboxylic acids is 1. The minimum absolute atomic E-state index is 0.224. The van der Waals surface area contributed by atoms with E-state index in [0.29, 0.717) is 23.2 Å². The molecule has 174 valence electrons. The molecule has 2 fully saturated rings. The number of carboxylic acid groups (broad SMARTS) is 1. The van der Waals surface area contributed by atoms with Gasteiger partial charge in [-0.15, -0.1) is 0 Å². The van der Waals surface area contributed by atoms with E-state index < -0.39 is 20.4 Å². The van der Waals surface area contributed by atoms with Crippen LogP contribution in [0.3, 0.4) is 0 Å². The maximum atomic E-state index is 12.4. The Bertz CT molecular complexity index is 641. The Kier molecular flexibility index (Phi) is 8.52. The van der Waals surface area contributed by atoms with E-state index in [4.69, 9.17) is 4.43 Å². The summed E-state index contributed by atoms with van der Waals surface area (Å²) >= 11 is 3.62. The first-order valence-corrected chi connectivity index (χ1v) is 15.7. The van der Waals surface area contributed by atoms with Crippen LogP contribution in [0.1, 0.15) is 86.5 Å². The summed E-state index contributed by atoms with van der Waals surface area (Å²) in [5.41, 5.74) is 0.750. The van der Waals surface area contributed by atoms with Crippen molar-refractivity contribution in [2.75, 3.05) is 0 Å². The molecular weight excluding hydrogens is 456 g/mol. The zero-order valence-electron chi connectivity index (χ0n) is 20.6. The summed E-state index contributed by atoms with van der Waals surface area (Å²) in [5, 5.41) is 10.2. The van der Waals surface area contributed by atoms with Gasteiger partial charge < -0.3 is 9.53 Å². The number of rotatable bonds is 8. The summed E-state index contributed by atoms with van der Waals surface area (Å²) in [6, 6.07) is 0. The second-order valence-electron chi connectivity index (χ2n) is 11.8. The smallest absolute Gasteiger partial charge is 0.312 e. The minimum atomic E-state index is -1.36. The number of allylic oxidation sites excluding steroid dienone is 1. The van der Waals surface area contributed by atoms with Gasteiger partial charge in [0.15, 0.2) is 9.04 Å². The lowest BCUT2D eigenvalue weighted by Gasteiger charge is -2.46. The molecule has 0 saturated heterocycles. The maximum absolute atomic E-state index is 12.4. The molecule has 2 aliphatic carbocycles. The van der Waals surface area contributed by atoms with Gasteiger partial charge in [0, 0.05) is 0 Å². The number of aliphatic carboxylic acids is 1. The molecular formula is C25H45BrO3Si. The van der Waals surface area contributed by atoms with Crippen molar-refractivity contribution in [1.29, 1.82) is 0 Å². The van der Waals surface area contributed by atoms with Crippen LogP contribution >= 0.6 is 15.9 Å². The third kappa shape index (κ3) is 4.93. The fourth-order valence-electron chi connectivity index (χ4n) is 6.52. The molecule has 0 bridgehead atoms. The van der Waals surface area contributed by atoms with Gasteiger partial charge in [-0.1, -0.05) is 56.1 Å². The molecule has 0 spiro atoms. The average Bonchev–Trinajstić information content (AvgIpc) is 2.99. The largest absolute Gasteiger partial charge is 0.481 e. The molecule has 0 aromatic heterocycles. The fraction of sp³-hybridized carbons (Fsp3) is 0.880. The van der Waals surface area contributed by atoms with Crippen LogP contribution in [0.4, 0.5) is 0 Å². The molecule has 30 heavy (non-hydrogen) atoms. The van der Waals surface area contributed by atoms with Gasteiger partial charge in [-0.05, 0) is 98.5 Å². The second-order valence-corrected chi connectivity index (χ2v) is 14.6. The first-order valence-electron chi connectivity index (χ1n) is 12.0. The normalized spacial score (nSPS) is 32.7. The predicted molar refractivity (Wildman–Crippen MR) is 133 cm³/mol. The van der Waals surface area contributed by atoms with Crippen molar-refractivity contribution in [3.63, 3.8) is 0 Å². The lowest BCUT2D eigenvalue weighted by atomic mass is 9.60. The number of halogens is 1. The van der Waals surface area contributed by atoms with E-state index in [0.717, 1.165) is 12.8 Å². The van der Waals surface area contributed by atoms with Gasteiger partial charge in [-0.3, -0.25) is 4.79 Å². The molecule has 1 N–H and O–H groups in total. The van der Waals surface area contributed by atoms with E-state index in [2.05, 4.69) is 47.9 Å². The van der Waals surface area contributed by atoms with Gasteiger partial charge in [-0.2, -0.15) is 0 Å². The van der Waals surface area contributed by atoms with Crippen molar-refractivity contribution >= 4 is 30.9 Å². The van der Waals surface area contributed by atoms with Gasteiger partial charge in [0.05, 0.1) is 11.5 Å². The molecule has 0 aliphatic heterocycles. The standard InChI is InChI=1S/C25H45BrO3Si/c1-17(19-12-13-20-18(16-26)10-9-15-24(19,20)5)11-14-21(29-30(7)8)25(6,22(27)28)23(2,3)4/h16-17,19-21,30H,9-15H2,1-8H3,(H,27,28)/t17-,19-,20?,21?,24-,25-/m1/s1. The van der Waals surface area contributed by atoms with Crippen molar-refractivity contribution in [1.82, 2.24) is 0 Å². The van der Waals surface area contributed by atoms with Crippen LogP contribution in [0.25, 0.3) is 0 Å². The monoisotopic (exact) mass is 500 g/mol. The minimum Gasteiger partial charge on any atom is -0.481 e. The lowest BCUT2D eigenvalue weighted by Crippen LogP contribution is -2.52. The molecule has 3 nitrogen and oxygen atoms in total. The third-order valence-electron chi connectivity index (χ3n) is 8.83. The molecule has 2 saturated carbocycles. The molecule has 2 aliphatic rings. The number of hydrogen-bond donors (Lipinski definition) is 1. The van der Waals surface area contributed by atoms with E-state index >= 15 is 0 Å². The van der Waals surface area contributed by atoms with E-state index in [-0.39, 0.29) is 11.5 Å². The average molecular weight is 502 g/mol. The highest BCUT2D eigenvalue weighted by atomic mass is 79.9. The SMILES string of the molecule is C[C@H](CCC(O[SiH](C)C)[C@](C)(C(=O)O)C(C)(C)C)[C@H]1CCC2C(=CBr)CCC[C@@]21C. The topological polar surface area (TPSA) is 46.5 Å². The van der Waals surface area contributed by atoms with E-state index in [9.17, 15) is 9.90 Å². The Labute approximate surface area is 195 Å². The van der Waals surface area contributed by atoms with Crippen LogP contribution in [0, 0.1) is 34.0 Å². The second kappa shape index (κ2) is 9.78. The van der Waals surface area contributed by atoms with Crippen molar-refractivity contribution in [2.45, 2.75) is 106 Å². The van der Waals surface area contributed by atoms with Crippen LogP contribution in [0.15, 0.2) is 10.6 Å². The van der Waals surface area contributed by atoms with Crippen LogP contribution < -0.4 is 0 Å². The number of hydrogen-bond acceptors (Lipinski definition) is 2. The molecule has 0 aromatic carbocycles. The van der Waals surface area contributed by atoms with Gasteiger partial charge in [0.2, 0.25) is 0 Å². The molecule has 0 amide bonds. The Morgan fingerprint density at radius 3 is 2.43 bits per heavy atom. The van der Waals surface area contributed by atoms with Gasteiger partial charge in [0.25, 0.3) is 0 Å². The molecule has 0 radical (unpaired) electrons. The highest BCUT2D eigenvalue weighted by Crippen LogP contribution is 2.60. The summed E-state index contributed by atoms with van der Waals surface area (Å²) in [7, 11) is -1.36. The van der Waals surface area contributed by atoms with Crippen LogP contribution in [-0.4, -0.2) is 26.2 Å². The number of carbonyl (C=O) groups is 1.